The summed E-state index contributed by atoms with van der Waals surface area (Å²) in [6, 6.07) is 5.13. The summed E-state index contributed by atoms with van der Waals surface area (Å²) in [6.07, 6.45) is 2.38. The molecular formula is C17H18ClN3O3S. The van der Waals surface area contributed by atoms with Crippen molar-refractivity contribution in [1.29, 1.82) is 0 Å². The van der Waals surface area contributed by atoms with Crippen molar-refractivity contribution >= 4 is 38.0 Å². The van der Waals surface area contributed by atoms with Gasteiger partial charge in [-0.25, -0.2) is 13.3 Å². The van der Waals surface area contributed by atoms with Gasteiger partial charge in [0.2, 0.25) is 5.69 Å². The second-order valence-corrected chi connectivity index (χ2v) is 8.65. The topological polar surface area (TPSA) is 63.9 Å². The van der Waals surface area contributed by atoms with Crippen molar-refractivity contribution in [3.05, 3.63) is 40.8 Å². The lowest BCUT2D eigenvalue weighted by Crippen LogP contribution is -2.40. The van der Waals surface area contributed by atoms with Gasteiger partial charge in [0.1, 0.15) is 5.75 Å². The predicted molar refractivity (Wildman–Crippen MR) is 98.2 cm³/mol. The quantitative estimate of drug-likeness (QED) is 0.590. The van der Waals surface area contributed by atoms with Crippen molar-refractivity contribution in [3.8, 4) is 5.75 Å². The Bertz CT molecular complexity index is 911. The number of ether oxygens (including phenoxy) is 1. The second-order valence-electron chi connectivity index (χ2n) is 5.94. The normalized spacial score (nSPS) is 17.3. The van der Waals surface area contributed by atoms with E-state index in [2.05, 4.69) is 14.7 Å². The molecule has 25 heavy (non-hydrogen) atoms. The van der Waals surface area contributed by atoms with Crippen molar-refractivity contribution in [1.82, 2.24) is 9.88 Å². The molecule has 1 aromatic heterocycles. The SMILES string of the molecule is [C-]#[N+]c1cc2c(Cl)ccnc2cc1OCCCN1CCS(=O)(=O)CC1. The van der Waals surface area contributed by atoms with Gasteiger partial charge in [-0.05, 0) is 24.6 Å². The smallest absolute Gasteiger partial charge is 0.228 e. The van der Waals surface area contributed by atoms with Crippen LogP contribution in [0.4, 0.5) is 5.69 Å². The minimum Gasteiger partial charge on any atom is -0.504 e. The average Bonchev–Trinajstić information content (AvgIpc) is 2.59. The van der Waals surface area contributed by atoms with Crippen molar-refractivity contribution in [2.24, 2.45) is 0 Å². The van der Waals surface area contributed by atoms with Gasteiger partial charge in [-0.15, -0.1) is 0 Å². The zero-order valence-electron chi connectivity index (χ0n) is 13.6. The van der Waals surface area contributed by atoms with Crippen LogP contribution in [-0.4, -0.2) is 56.0 Å². The Morgan fingerprint density at radius 1 is 1.32 bits per heavy atom. The summed E-state index contributed by atoms with van der Waals surface area (Å²) in [5, 5.41) is 1.29. The van der Waals surface area contributed by atoms with Gasteiger partial charge in [0.25, 0.3) is 0 Å². The van der Waals surface area contributed by atoms with E-state index in [1.807, 2.05) is 0 Å². The van der Waals surface area contributed by atoms with Gasteiger partial charge < -0.3 is 9.64 Å². The van der Waals surface area contributed by atoms with E-state index in [4.69, 9.17) is 22.9 Å². The Hall–Kier alpha value is -1.88. The summed E-state index contributed by atoms with van der Waals surface area (Å²) < 4.78 is 28.6. The Morgan fingerprint density at radius 3 is 2.80 bits per heavy atom. The van der Waals surface area contributed by atoms with Gasteiger partial charge in [-0.2, -0.15) is 0 Å². The number of pyridine rings is 1. The highest BCUT2D eigenvalue weighted by Crippen LogP contribution is 2.34. The Kier molecular flexibility index (Phi) is 5.42. The van der Waals surface area contributed by atoms with Crippen molar-refractivity contribution in [2.45, 2.75) is 6.42 Å². The number of nitrogens with zero attached hydrogens (tertiary/aromatic N) is 3. The maximum Gasteiger partial charge on any atom is 0.228 e. The predicted octanol–water partition coefficient (Wildman–Crippen LogP) is 2.94. The average molecular weight is 380 g/mol. The van der Waals surface area contributed by atoms with Gasteiger partial charge in [0, 0.05) is 31.2 Å². The fraction of sp³-hybridized carbons (Fsp3) is 0.412. The molecule has 1 aromatic carbocycles. The fourth-order valence-corrected chi connectivity index (χ4v) is 4.26. The van der Waals surface area contributed by atoms with E-state index in [0.717, 1.165) is 18.4 Å². The number of hydrogen-bond acceptors (Lipinski definition) is 5. The van der Waals surface area contributed by atoms with Gasteiger partial charge in [0.15, 0.2) is 9.84 Å². The lowest BCUT2D eigenvalue weighted by Gasteiger charge is -2.26. The van der Waals surface area contributed by atoms with E-state index in [9.17, 15) is 8.42 Å². The van der Waals surface area contributed by atoms with E-state index < -0.39 is 9.84 Å². The van der Waals surface area contributed by atoms with Gasteiger partial charge in [0.05, 0.1) is 35.2 Å². The first kappa shape index (κ1) is 17.9. The van der Waals surface area contributed by atoms with E-state index in [0.29, 0.717) is 41.7 Å². The van der Waals surface area contributed by atoms with Crippen LogP contribution < -0.4 is 4.74 Å². The first-order valence-electron chi connectivity index (χ1n) is 8.00. The van der Waals surface area contributed by atoms with Crippen LogP contribution in [0.1, 0.15) is 6.42 Å². The van der Waals surface area contributed by atoms with Crippen LogP contribution >= 0.6 is 11.6 Å². The molecule has 2 heterocycles. The molecule has 0 saturated carbocycles. The van der Waals surface area contributed by atoms with Crippen LogP contribution in [-0.2, 0) is 9.84 Å². The minimum absolute atomic E-state index is 0.229. The van der Waals surface area contributed by atoms with Gasteiger partial charge in [-0.1, -0.05) is 11.6 Å². The summed E-state index contributed by atoms with van der Waals surface area (Å²) in [7, 11) is -2.85. The molecule has 0 atom stereocenters. The molecule has 3 rings (SSSR count). The molecule has 0 bridgehead atoms. The molecule has 6 nitrogen and oxygen atoms in total. The molecule has 1 saturated heterocycles. The Balaban J connectivity index is 1.59. The molecule has 0 radical (unpaired) electrons. The van der Waals surface area contributed by atoms with Crippen molar-refractivity contribution < 1.29 is 13.2 Å². The van der Waals surface area contributed by atoms with E-state index >= 15 is 0 Å². The first-order valence-corrected chi connectivity index (χ1v) is 10.2. The molecule has 0 aliphatic carbocycles. The van der Waals surface area contributed by atoms with Crippen molar-refractivity contribution in [3.63, 3.8) is 0 Å². The molecule has 0 amide bonds. The number of rotatable bonds is 5. The third-order valence-corrected chi connectivity index (χ3v) is 6.14. The van der Waals surface area contributed by atoms with E-state index in [1.165, 1.54) is 0 Å². The maximum absolute atomic E-state index is 11.4. The Labute approximate surface area is 152 Å². The lowest BCUT2D eigenvalue weighted by atomic mass is 10.2. The number of fused-ring (bicyclic) bond motifs is 1. The maximum atomic E-state index is 11.4. The molecule has 0 spiro atoms. The van der Waals surface area contributed by atoms with Crippen LogP contribution in [0.15, 0.2) is 24.4 Å². The number of aromatic nitrogens is 1. The van der Waals surface area contributed by atoms with Crippen LogP contribution in [0.2, 0.25) is 5.02 Å². The molecule has 0 N–H and O–H groups in total. The molecule has 1 aliphatic heterocycles. The molecule has 0 unspecified atom stereocenters. The minimum atomic E-state index is -2.85. The van der Waals surface area contributed by atoms with E-state index in [1.54, 1.807) is 24.4 Å². The summed E-state index contributed by atoms with van der Waals surface area (Å²) >= 11 is 6.14. The first-order chi connectivity index (χ1) is 12.0. The highest BCUT2D eigenvalue weighted by molar-refractivity contribution is 7.91. The monoisotopic (exact) mass is 379 g/mol. The molecule has 8 heteroatoms. The highest BCUT2D eigenvalue weighted by atomic mass is 35.5. The highest BCUT2D eigenvalue weighted by Gasteiger charge is 2.20. The molecule has 132 valence electrons. The van der Waals surface area contributed by atoms with Crippen LogP contribution in [0.3, 0.4) is 0 Å². The number of hydrogen-bond donors (Lipinski definition) is 0. The van der Waals surface area contributed by atoms with E-state index in [-0.39, 0.29) is 11.5 Å². The zero-order chi connectivity index (χ0) is 17.9. The summed E-state index contributed by atoms with van der Waals surface area (Å²) in [6.45, 7) is 9.71. The van der Waals surface area contributed by atoms with Crippen LogP contribution in [0.25, 0.3) is 15.7 Å². The van der Waals surface area contributed by atoms with Crippen LogP contribution in [0.5, 0.6) is 5.75 Å². The standard InChI is InChI=1S/C17H18ClN3O3S/c1-19-16-11-13-14(18)3-4-20-15(13)12-17(16)24-8-2-5-21-6-9-25(22,23)10-7-21/h3-4,11-12H,2,5-10H2. The summed E-state index contributed by atoms with van der Waals surface area (Å²) in [5.74, 6) is 0.957. The second kappa shape index (κ2) is 7.56. The van der Waals surface area contributed by atoms with Gasteiger partial charge in [-0.3, -0.25) is 4.98 Å². The number of halogens is 1. The summed E-state index contributed by atoms with van der Waals surface area (Å²) in [5.41, 5.74) is 1.10. The third-order valence-electron chi connectivity index (χ3n) is 4.20. The Morgan fingerprint density at radius 2 is 2.08 bits per heavy atom. The number of benzene rings is 1. The van der Waals surface area contributed by atoms with Crippen molar-refractivity contribution in [2.75, 3.05) is 37.7 Å². The molecular weight excluding hydrogens is 362 g/mol. The largest absolute Gasteiger partial charge is 0.504 e. The molecule has 2 aromatic rings. The fourth-order valence-electron chi connectivity index (χ4n) is 2.78. The third kappa shape index (κ3) is 4.40. The summed E-state index contributed by atoms with van der Waals surface area (Å²) in [4.78, 5) is 9.90. The zero-order valence-corrected chi connectivity index (χ0v) is 15.2. The number of sulfone groups is 1. The van der Waals surface area contributed by atoms with Crippen LogP contribution in [0, 0.1) is 6.57 Å². The molecule has 1 fully saturated rings. The van der Waals surface area contributed by atoms with Gasteiger partial charge >= 0.3 is 0 Å². The molecule has 1 aliphatic rings. The lowest BCUT2D eigenvalue weighted by molar-refractivity contribution is 0.246.